The van der Waals surface area contributed by atoms with Crippen LogP contribution in [0.25, 0.3) is 0 Å². The highest BCUT2D eigenvalue weighted by atomic mass is 19.1. The summed E-state index contributed by atoms with van der Waals surface area (Å²) in [4.78, 5) is 23.1. The number of rotatable bonds is 2. The highest BCUT2D eigenvalue weighted by molar-refractivity contribution is 5.91. The van der Waals surface area contributed by atoms with Crippen LogP contribution in [0.3, 0.4) is 0 Å². The molecule has 3 rings (SSSR count). The van der Waals surface area contributed by atoms with Crippen molar-refractivity contribution in [1.29, 1.82) is 0 Å². The summed E-state index contributed by atoms with van der Waals surface area (Å²) in [5.74, 6) is -0.542. The van der Waals surface area contributed by atoms with E-state index in [0.717, 1.165) is 24.0 Å². The molecular weight excluding hydrogens is 247 g/mol. The molecule has 1 aromatic carbocycles. The lowest BCUT2D eigenvalue weighted by Crippen LogP contribution is -2.42. The number of fused-ring (bicyclic) bond motifs is 1. The minimum absolute atomic E-state index is 0.0852. The quantitative estimate of drug-likeness (QED) is 0.841. The van der Waals surface area contributed by atoms with Gasteiger partial charge < -0.3 is 10.6 Å². The van der Waals surface area contributed by atoms with Crippen molar-refractivity contribution >= 4 is 11.8 Å². The highest BCUT2D eigenvalue weighted by Gasteiger charge is 2.31. The Kier molecular flexibility index (Phi) is 2.97. The number of benzene rings is 1. The number of nitrogens with one attached hydrogen (secondary N) is 2. The standard InChI is InChI=1S/C14H15FN2O2/c15-9-3-1-8-2-4-11(10(8)7-9)17-14(19)12-5-6-13(18)16-12/h1,3,7,11-12H,2,4-6H2,(H,16,18)(H,17,19)/t11-,12-/m0/s1. The minimum Gasteiger partial charge on any atom is -0.347 e. The molecule has 0 spiro atoms. The van der Waals surface area contributed by atoms with Gasteiger partial charge in [0.2, 0.25) is 11.8 Å². The number of carbonyl (C=O) groups excluding carboxylic acids is 2. The fourth-order valence-corrected chi connectivity index (χ4v) is 2.81. The Morgan fingerprint density at radius 3 is 2.89 bits per heavy atom. The predicted octanol–water partition coefficient (Wildman–Crippen LogP) is 1.21. The second-order valence-corrected chi connectivity index (χ2v) is 5.10. The number of amides is 2. The molecule has 2 aliphatic rings. The van der Waals surface area contributed by atoms with Crippen molar-refractivity contribution in [2.24, 2.45) is 0 Å². The van der Waals surface area contributed by atoms with Gasteiger partial charge in [-0.25, -0.2) is 4.39 Å². The summed E-state index contributed by atoms with van der Waals surface area (Å²) in [5.41, 5.74) is 1.94. The van der Waals surface area contributed by atoms with Crippen LogP contribution in [-0.2, 0) is 16.0 Å². The van der Waals surface area contributed by atoms with Crippen LogP contribution < -0.4 is 10.6 Å². The van der Waals surface area contributed by atoms with E-state index in [2.05, 4.69) is 10.6 Å². The van der Waals surface area contributed by atoms with E-state index in [0.29, 0.717) is 12.8 Å². The van der Waals surface area contributed by atoms with Crippen LogP contribution in [0.2, 0.25) is 0 Å². The van der Waals surface area contributed by atoms with Crippen molar-refractivity contribution < 1.29 is 14.0 Å². The maximum Gasteiger partial charge on any atom is 0.243 e. The molecule has 4 nitrogen and oxygen atoms in total. The van der Waals surface area contributed by atoms with Crippen LogP contribution in [0, 0.1) is 5.82 Å². The normalized spacial score (nSPS) is 25.0. The number of hydrogen-bond donors (Lipinski definition) is 2. The van der Waals surface area contributed by atoms with Gasteiger partial charge in [0.15, 0.2) is 0 Å². The van der Waals surface area contributed by atoms with Crippen LogP contribution in [0.1, 0.15) is 36.4 Å². The SMILES string of the molecule is O=C1CC[C@@H](C(=O)N[C@H]2CCc3ccc(F)cc32)N1. The average Bonchev–Trinajstić information content (AvgIpc) is 2.97. The zero-order chi connectivity index (χ0) is 13.4. The summed E-state index contributed by atoms with van der Waals surface area (Å²) >= 11 is 0. The summed E-state index contributed by atoms with van der Waals surface area (Å²) in [6, 6.07) is 4.12. The minimum atomic E-state index is -0.440. The third-order valence-electron chi connectivity index (χ3n) is 3.81. The number of carbonyl (C=O) groups is 2. The molecule has 1 aromatic rings. The van der Waals surface area contributed by atoms with E-state index in [1.165, 1.54) is 12.1 Å². The molecule has 19 heavy (non-hydrogen) atoms. The molecule has 0 aromatic heterocycles. The molecule has 1 fully saturated rings. The molecule has 5 heteroatoms. The fourth-order valence-electron chi connectivity index (χ4n) is 2.81. The molecule has 0 radical (unpaired) electrons. The lowest BCUT2D eigenvalue weighted by atomic mass is 10.1. The van der Waals surface area contributed by atoms with Gasteiger partial charge >= 0.3 is 0 Å². The van der Waals surface area contributed by atoms with Gasteiger partial charge in [-0.2, -0.15) is 0 Å². The summed E-state index contributed by atoms with van der Waals surface area (Å²) in [6.45, 7) is 0. The van der Waals surface area contributed by atoms with Crippen molar-refractivity contribution in [3.63, 3.8) is 0 Å². The Labute approximate surface area is 110 Å². The van der Waals surface area contributed by atoms with Crippen LogP contribution >= 0.6 is 0 Å². The van der Waals surface area contributed by atoms with E-state index < -0.39 is 6.04 Å². The zero-order valence-corrected chi connectivity index (χ0v) is 10.4. The number of halogens is 1. The van der Waals surface area contributed by atoms with E-state index in [-0.39, 0.29) is 23.7 Å². The number of aryl methyl sites for hydroxylation is 1. The average molecular weight is 262 g/mol. The number of hydrogen-bond acceptors (Lipinski definition) is 2. The first-order valence-electron chi connectivity index (χ1n) is 6.51. The molecule has 1 heterocycles. The molecular formula is C14H15FN2O2. The predicted molar refractivity (Wildman–Crippen MR) is 66.8 cm³/mol. The molecule has 0 bridgehead atoms. The Balaban J connectivity index is 1.71. The van der Waals surface area contributed by atoms with Gasteiger partial charge in [-0.05, 0) is 42.5 Å². The Morgan fingerprint density at radius 1 is 1.32 bits per heavy atom. The van der Waals surface area contributed by atoms with Gasteiger partial charge in [-0.1, -0.05) is 6.07 Å². The van der Waals surface area contributed by atoms with Gasteiger partial charge in [-0.3, -0.25) is 9.59 Å². The van der Waals surface area contributed by atoms with E-state index in [1.807, 2.05) is 0 Å². The van der Waals surface area contributed by atoms with Crippen molar-refractivity contribution in [2.45, 2.75) is 37.8 Å². The molecule has 2 amide bonds. The fraction of sp³-hybridized carbons (Fsp3) is 0.429. The molecule has 2 atom stereocenters. The first-order chi connectivity index (χ1) is 9.13. The van der Waals surface area contributed by atoms with Crippen LogP contribution in [0.5, 0.6) is 0 Å². The molecule has 0 unspecified atom stereocenters. The third kappa shape index (κ3) is 2.32. The monoisotopic (exact) mass is 262 g/mol. The summed E-state index contributed by atoms with van der Waals surface area (Å²) in [7, 11) is 0. The van der Waals surface area contributed by atoms with Crippen LogP contribution in [0.15, 0.2) is 18.2 Å². The summed E-state index contributed by atoms with van der Waals surface area (Å²) < 4.78 is 13.3. The molecule has 100 valence electrons. The molecule has 2 N–H and O–H groups in total. The maximum atomic E-state index is 13.3. The molecule has 0 saturated carbocycles. The second-order valence-electron chi connectivity index (χ2n) is 5.10. The van der Waals surface area contributed by atoms with Crippen molar-refractivity contribution in [3.05, 3.63) is 35.1 Å². The molecule has 1 saturated heterocycles. The van der Waals surface area contributed by atoms with Crippen LogP contribution in [-0.4, -0.2) is 17.9 Å². The smallest absolute Gasteiger partial charge is 0.243 e. The first kappa shape index (κ1) is 12.1. The Hall–Kier alpha value is -1.91. The third-order valence-corrected chi connectivity index (χ3v) is 3.81. The second kappa shape index (κ2) is 4.64. The van der Waals surface area contributed by atoms with Gasteiger partial charge in [0.25, 0.3) is 0 Å². The van der Waals surface area contributed by atoms with E-state index in [1.54, 1.807) is 6.07 Å². The highest BCUT2D eigenvalue weighted by Crippen LogP contribution is 2.31. The Morgan fingerprint density at radius 2 is 2.16 bits per heavy atom. The lowest BCUT2D eigenvalue weighted by Gasteiger charge is -2.17. The molecule has 1 aliphatic carbocycles. The van der Waals surface area contributed by atoms with Crippen molar-refractivity contribution in [2.75, 3.05) is 0 Å². The van der Waals surface area contributed by atoms with E-state index >= 15 is 0 Å². The summed E-state index contributed by atoms with van der Waals surface area (Å²) in [6.07, 6.45) is 2.56. The van der Waals surface area contributed by atoms with Crippen molar-refractivity contribution in [3.8, 4) is 0 Å². The lowest BCUT2D eigenvalue weighted by molar-refractivity contribution is -0.126. The zero-order valence-electron chi connectivity index (χ0n) is 10.4. The maximum absolute atomic E-state index is 13.3. The first-order valence-corrected chi connectivity index (χ1v) is 6.51. The van der Waals surface area contributed by atoms with Crippen LogP contribution in [0.4, 0.5) is 4.39 Å². The summed E-state index contributed by atoms with van der Waals surface area (Å²) in [5, 5.41) is 5.54. The van der Waals surface area contributed by atoms with Gasteiger partial charge in [0.05, 0.1) is 6.04 Å². The van der Waals surface area contributed by atoms with Gasteiger partial charge in [0, 0.05) is 6.42 Å². The van der Waals surface area contributed by atoms with E-state index in [4.69, 9.17) is 0 Å². The largest absolute Gasteiger partial charge is 0.347 e. The topological polar surface area (TPSA) is 58.2 Å². The van der Waals surface area contributed by atoms with Gasteiger partial charge in [0.1, 0.15) is 11.9 Å². The van der Waals surface area contributed by atoms with Gasteiger partial charge in [-0.15, -0.1) is 0 Å². The van der Waals surface area contributed by atoms with Crippen molar-refractivity contribution in [1.82, 2.24) is 10.6 Å². The molecule has 1 aliphatic heterocycles. The van der Waals surface area contributed by atoms with E-state index in [9.17, 15) is 14.0 Å². The Bertz CT molecular complexity index is 544.